The molecule has 11 heteroatoms. The lowest BCUT2D eigenvalue weighted by atomic mass is 9.91. The first-order valence-electron chi connectivity index (χ1n) is 14.6. The molecular weight excluding hydrogens is 580 g/mol. The van der Waals surface area contributed by atoms with Crippen molar-refractivity contribution in [1.29, 1.82) is 0 Å². The van der Waals surface area contributed by atoms with Crippen molar-refractivity contribution >= 4 is 48.5 Å². The molecule has 0 spiro atoms. The third kappa shape index (κ3) is 6.62. The highest BCUT2D eigenvalue weighted by Crippen LogP contribution is 2.35. The fraction of sp³-hybridized carbons (Fsp3) is 0.394. The van der Waals surface area contributed by atoms with Gasteiger partial charge in [-0.15, -0.1) is 0 Å². The first kappa shape index (κ1) is 32.7. The Hall–Kier alpha value is -4.25. The fourth-order valence-corrected chi connectivity index (χ4v) is 6.64. The van der Waals surface area contributed by atoms with Crippen molar-refractivity contribution in [1.82, 2.24) is 20.6 Å². The molecule has 3 atom stereocenters. The lowest BCUT2D eigenvalue weighted by Gasteiger charge is -2.17. The van der Waals surface area contributed by atoms with Gasteiger partial charge in [0, 0.05) is 76.1 Å². The van der Waals surface area contributed by atoms with E-state index >= 15 is 0 Å². The van der Waals surface area contributed by atoms with E-state index in [2.05, 4.69) is 39.8 Å². The van der Waals surface area contributed by atoms with Crippen LogP contribution < -0.4 is 10.6 Å². The highest BCUT2D eigenvalue weighted by Gasteiger charge is 2.37. The summed E-state index contributed by atoms with van der Waals surface area (Å²) in [6.07, 6.45) is 6.12. The van der Waals surface area contributed by atoms with Gasteiger partial charge in [-0.1, -0.05) is 26.5 Å². The number of H-pyrrole nitrogens is 2. The maximum absolute atomic E-state index is 12.5. The van der Waals surface area contributed by atoms with Crippen molar-refractivity contribution in [3.8, 4) is 0 Å². The van der Waals surface area contributed by atoms with E-state index < -0.39 is 11.9 Å². The highest BCUT2D eigenvalue weighted by atomic mass is 32.1. The maximum Gasteiger partial charge on any atom is 0.303 e. The van der Waals surface area contributed by atoms with Crippen LogP contribution in [-0.4, -0.2) is 49.2 Å². The molecule has 4 rings (SSSR count). The topological polar surface area (TPSA) is 164 Å². The third-order valence-corrected chi connectivity index (χ3v) is 9.06. The first-order chi connectivity index (χ1) is 20.7. The zero-order chi connectivity index (χ0) is 32.5. The Labute approximate surface area is 262 Å². The highest BCUT2D eigenvalue weighted by molar-refractivity contribution is 7.80. The number of aromatic nitrogens is 2. The zero-order valence-corrected chi connectivity index (χ0v) is 26.6. The SMILES string of the molecule is C=CC1=C(C)/C(=C\c2[nH]c(Cc3[nH]c(/C=C4\NC(=O)[C@H](C)[C@H]4[C@@H](C)S)c(C)c3CCC(=O)O)c(CCC(=O)O)c2C)NC1=O. The van der Waals surface area contributed by atoms with Crippen LogP contribution >= 0.6 is 12.6 Å². The molecular formula is C33H40N4O6S. The Morgan fingerprint density at radius 2 is 1.45 bits per heavy atom. The Balaban J connectivity index is 1.80. The van der Waals surface area contributed by atoms with Gasteiger partial charge in [0.05, 0.1) is 0 Å². The number of aliphatic carboxylic acids is 2. The quantitative estimate of drug-likeness (QED) is 0.172. The van der Waals surface area contributed by atoms with Crippen LogP contribution in [0.1, 0.15) is 78.6 Å². The van der Waals surface area contributed by atoms with Crippen LogP contribution in [0.4, 0.5) is 0 Å². The fourth-order valence-electron chi connectivity index (χ4n) is 6.22. The number of thiol groups is 1. The van der Waals surface area contributed by atoms with Crippen molar-refractivity contribution in [2.45, 2.75) is 72.0 Å². The predicted octanol–water partition coefficient (Wildman–Crippen LogP) is 4.60. The number of aromatic amines is 2. The monoisotopic (exact) mass is 620 g/mol. The van der Waals surface area contributed by atoms with Crippen LogP contribution in [0.25, 0.3) is 12.2 Å². The largest absolute Gasteiger partial charge is 0.481 e. The Bertz CT molecular complexity index is 1640. The van der Waals surface area contributed by atoms with Crippen LogP contribution in [0, 0.1) is 25.7 Å². The summed E-state index contributed by atoms with van der Waals surface area (Å²) < 4.78 is 0. The Morgan fingerprint density at radius 3 is 1.91 bits per heavy atom. The van der Waals surface area contributed by atoms with E-state index in [1.54, 1.807) is 0 Å². The van der Waals surface area contributed by atoms with Crippen LogP contribution in [0.2, 0.25) is 0 Å². The zero-order valence-electron chi connectivity index (χ0n) is 25.7. The number of hydrogen-bond donors (Lipinski definition) is 7. The van der Waals surface area contributed by atoms with Crippen LogP contribution in [0.3, 0.4) is 0 Å². The molecule has 0 unspecified atom stereocenters. The molecule has 44 heavy (non-hydrogen) atoms. The van der Waals surface area contributed by atoms with Gasteiger partial charge in [-0.05, 0) is 73.6 Å². The van der Waals surface area contributed by atoms with Gasteiger partial charge < -0.3 is 30.8 Å². The lowest BCUT2D eigenvalue weighted by molar-refractivity contribution is -0.138. The standard InChI is InChI=1S/C33H40N4O6S/c1-7-20-15(2)25(36-33(20)43)12-23-16(3)21(8-10-29(38)39)26(34-23)14-27-22(9-11-30(40)41)17(4)24(35-27)13-28-31(19(6)44)18(5)32(42)37-28/h7,12-13,18-19,31,34-35,44H,1,8-11,14H2,2-6H3,(H,36,43)(H,37,42)(H,38,39)(H,40,41)/b25-12+,28-13-/t18-,19-,31+/m1/s1. The molecule has 2 aromatic heterocycles. The summed E-state index contributed by atoms with van der Waals surface area (Å²) in [6.45, 7) is 13.2. The number of allylic oxidation sites excluding steroid dienone is 2. The maximum atomic E-state index is 12.5. The van der Waals surface area contributed by atoms with E-state index in [-0.39, 0.29) is 41.7 Å². The summed E-state index contributed by atoms with van der Waals surface area (Å²) in [4.78, 5) is 54.9. The van der Waals surface area contributed by atoms with E-state index in [9.17, 15) is 29.4 Å². The molecule has 0 aromatic carbocycles. The van der Waals surface area contributed by atoms with Gasteiger partial charge in [-0.3, -0.25) is 19.2 Å². The molecule has 0 radical (unpaired) electrons. The summed E-state index contributed by atoms with van der Waals surface area (Å²) in [6, 6.07) is 0. The summed E-state index contributed by atoms with van der Waals surface area (Å²) in [7, 11) is 0. The summed E-state index contributed by atoms with van der Waals surface area (Å²) in [5.41, 5.74) is 9.25. The first-order valence-corrected chi connectivity index (χ1v) is 15.2. The van der Waals surface area contributed by atoms with E-state index in [4.69, 9.17) is 0 Å². The van der Waals surface area contributed by atoms with Gasteiger partial charge in [0.25, 0.3) is 5.91 Å². The van der Waals surface area contributed by atoms with Gasteiger partial charge in [0.1, 0.15) is 0 Å². The molecule has 2 amide bonds. The second-order valence-electron chi connectivity index (χ2n) is 11.6. The van der Waals surface area contributed by atoms with Crippen molar-refractivity contribution < 1.29 is 29.4 Å². The molecule has 234 valence electrons. The van der Waals surface area contributed by atoms with Crippen LogP contribution in [-0.2, 0) is 38.4 Å². The van der Waals surface area contributed by atoms with Crippen molar-refractivity contribution in [3.63, 3.8) is 0 Å². The minimum atomic E-state index is -0.915. The van der Waals surface area contributed by atoms with Gasteiger partial charge in [0.15, 0.2) is 0 Å². The normalized spacial score (nSPS) is 20.9. The second-order valence-corrected chi connectivity index (χ2v) is 12.4. The molecule has 1 saturated heterocycles. The Kier molecular flexibility index (Phi) is 9.78. The molecule has 4 heterocycles. The molecule has 0 bridgehead atoms. The number of carbonyl (C=O) groups is 4. The van der Waals surface area contributed by atoms with Crippen LogP contribution in [0.5, 0.6) is 0 Å². The number of hydrogen-bond acceptors (Lipinski definition) is 5. The molecule has 2 aromatic rings. The number of nitrogens with one attached hydrogen (secondary N) is 4. The average molecular weight is 621 g/mol. The van der Waals surface area contributed by atoms with E-state index in [1.807, 2.05) is 46.8 Å². The van der Waals surface area contributed by atoms with E-state index in [0.29, 0.717) is 30.5 Å². The van der Waals surface area contributed by atoms with Crippen molar-refractivity contribution in [2.24, 2.45) is 11.8 Å². The molecule has 2 aliphatic rings. The smallest absolute Gasteiger partial charge is 0.303 e. The number of amides is 2. The van der Waals surface area contributed by atoms with Gasteiger partial charge in [0.2, 0.25) is 5.91 Å². The van der Waals surface area contributed by atoms with E-state index in [0.717, 1.165) is 56.3 Å². The summed E-state index contributed by atoms with van der Waals surface area (Å²) in [5.74, 6) is -2.45. The molecule has 1 fully saturated rings. The molecule has 6 N–H and O–H groups in total. The van der Waals surface area contributed by atoms with Gasteiger partial charge in [-0.25, -0.2) is 0 Å². The number of carbonyl (C=O) groups excluding carboxylic acids is 2. The summed E-state index contributed by atoms with van der Waals surface area (Å²) >= 11 is 4.62. The predicted molar refractivity (Wildman–Crippen MR) is 172 cm³/mol. The molecule has 0 aliphatic carbocycles. The van der Waals surface area contributed by atoms with Gasteiger partial charge in [-0.2, -0.15) is 12.6 Å². The molecule has 2 aliphatic heterocycles. The third-order valence-electron chi connectivity index (χ3n) is 8.74. The molecule has 0 saturated carbocycles. The lowest BCUT2D eigenvalue weighted by Crippen LogP contribution is -2.19. The van der Waals surface area contributed by atoms with Gasteiger partial charge >= 0.3 is 11.9 Å². The average Bonchev–Trinajstić information content (AvgIpc) is 3.59. The summed E-state index contributed by atoms with van der Waals surface area (Å²) in [5, 5.41) is 24.7. The number of carboxylic acids is 2. The van der Waals surface area contributed by atoms with Crippen LogP contribution in [0.15, 0.2) is 35.2 Å². The van der Waals surface area contributed by atoms with E-state index in [1.165, 1.54) is 6.08 Å². The number of carboxylic acid groups (broad SMARTS) is 2. The minimum absolute atomic E-state index is 0.0598. The Morgan fingerprint density at radius 1 is 0.932 bits per heavy atom. The van der Waals surface area contributed by atoms with Crippen molar-refractivity contribution in [2.75, 3.05) is 0 Å². The van der Waals surface area contributed by atoms with Crippen molar-refractivity contribution in [3.05, 3.63) is 80.2 Å². The number of rotatable bonds is 12. The minimum Gasteiger partial charge on any atom is -0.481 e. The second kappa shape index (κ2) is 13.2. The molecule has 10 nitrogen and oxygen atoms in total.